The molecule has 1 aromatic heterocycles. The summed E-state index contributed by atoms with van der Waals surface area (Å²) in [6, 6.07) is 1.82. The smallest absolute Gasteiger partial charge is 0.227 e. The molecular weight excluding hydrogens is 244 g/mol. The van der Waals surface area contributed by atoms with E-state index in [0.29, 0.717) is 0 Å². The Morgan fingerprint density at radius 3 is 2.93 bits per heavy atom. The van der Waals surface area contributed by atoms with Gasteiger partial charge in [-0.2, -0.15) is 0 Å². The number of amides is 1. The van der Waals surface area contributed by atoms with Crippen molar-refractivity contribution in [2.75, 3.05) is 5.32 Å². The molecule has 74 valence electrons. The van der Waals surface area contributed by atoms with Crippen molar-refractivity contribution in [2.45, 2.75) is 19.3 Å². The number of aromatic nitrogens is 1. The molecule has 0 atom stereocenters. The predicted molar refractivity (Wildman–Crippen MR) is 57.9 cm³/mol. The lowest BCUT2D eigenvalue weighted by Gasteiger charge is -2.24. The normalized spacial score (nSPS) is 16.1. The van der Waals surface area contributed by atoms with Crippen LogP contribution in [0.15, 0.2) is 22.9 Å². The van der Waals surface area contributed by atoms with Gasteiger partial charge >= 0.3 is 0 Å². The number of halogens is 1. The molecule has 0 radical (unpaired) electrons. The van der Waals surface area contributed by atoms with Gasteiger partial charge in [0.2, 0.25) is 5.91 Å². The van der Waals surface area contributed by atoms with Gasteiger partial charge in [0.1, 0.15) is 0 Å². The molecule has 4 heteroatoms. The second-order valence-electron chi connectivity index (χ2n) is 3.47. The highest BCUT2D eigenvalue weighted by Gasteiger charge is 2.25. The molecule has 1 fully saturated rings. The lowest BCUT2D eigenvalue weighted by Crippen LogP contribution is -2.28. The van der Waals surface area contributed by atoms with Gasteiger partial charge in [-0.05, 0) is 34.8 Å². The van der Waals surface area contributed by atoms with Crippen LogP contribution in [0.3, 0.4) is 0 Å². The van der Waals surface area contributed by atoms with Gasteiger partial charge in [-0.15, -0.1) is 0 Å². The van der Waals surface area contributed by atoms with E-state index < -0.39 is 0 Å². The second-order valence-corrected chi connectivity index (χ2v) is 4.33. The molecule has 1 aliphatic carbocycles. The first-order valence-electron chi connectivity index (χ1n) is 4.68. The Kier molecular flexibility index (Phi) is 2.82. The Morgan fingerprint density at radius 2 is 2.36 bits per heavy atom. The largest absolute Gasteiger partial charge is 0.324 e. The molecule has 1 aliphatic rings. The van der Waals surface area contributed by atoms with E-state index in [1.165, 1.54) is 6.42 Å². The third-order valence-electron chi connectivity index (χ3n) is 2.50. The van der Waals surface area contributed by atoms with Gasteiger partial charge < -0.3 is 5.32 Å². The van der Waals surface area contributed by atoms with Crippen molar-refractivity contribution in [3.05, 3.63) is 22.9 Å². The maximum Gasteiger partial charge on any atom is 0.227 e. The molecule has 0 bridgehead atoms. The van der Waals surface area contributed by atoms with Gasteiger partial charge in [0.15, 0.2) is 0 Å². The van der Waals surface area contributed by atoms with E-state index in [2.05, 4.69) is 26.2 Å². The molecule has 2 rings (SSSR count). The zero-order valence-electron chi connectivity index (χ0n) is 7.66. The zero-order chi connectivity index (χ0) is 9.97. The lowest BCUT2D eigenvalue weighted by molar-refractivity contribution is -0.122. The lowest BCUT2D eigenvalue weighted by atomic mass is 9.85. The van der Waals surface area contributed by atoms with Crippen LogP contribution in [0, 0.1) is 5.92 Å². The number of rotatable bonds is 2. The van der Waals surface area contributed by atoms with Gasteiger partial charge in [-0.1, -0.05) is 6.42 Å². The van der Waals surface area contributed by atoms with Crippen LogP contribution in [0.1, 0.15) is 19.3 Å². The number of hydrogen-bond donors (Lipinski definition) is 1. The van der Waals surface area contributed by atoms with Gasteiger partial charge in [0, 0.05) is 16.6 Å². The van der Waals surface area contributed by atoms with E-state index in [0.717, 1.165) is 23.0 Å². The summed E-state index contributed by atoms with van der Waals surface area (Å²) in [7, 11) is 0. The molecule has 1 N–H and O–H groups in total. The van der Waals surface area contributed by atoms with Crippen molar-refractivity contribution in [1.82, 2.24) is 4.98 Å². The van der Waals surface area contributed by atoms with E-state index >= 15 is 0 Å². The van der Waals surface area contributed by atoms with E-state index in [4.69, 9.17) is 0 Å². The van der Waals surface area contributed by atoms with Crippen LogP contribution in [0.4, 0.5) is 5.69 Å². The van der Waals surface area contributed by atoms with Gasteiger partial charge in [-0.3, -0.25) is 9.78 Å². The topological polar surface area (TPSA) is 42.0 Å². The van der Waals surface area contributed by atoms with Crippen molar-refractivity contribution >= 4 is 27.5 Å². The van der Waals surface area contributed by atoms with E-state index in [1.54, 1.807) is 12.4 Å². The Bertz CT molecular complexity index is 350. The first-order valence-corrected chi connectivity index (χ1v) is 5.47. The number of carbonyl (C=O) groups excluding carboxylic acids is 1. The summed E-state index contributed by atoms with van der Waals surface area (Å²) in [5, 5.41) is 2.86. The summed E-state index contributed by atoms with van der Waals surface area (Å²) in [4.78, 5) is 15.5. The molecular formula is C10H11BrN2O. The number of pyridine rings is 1. The number of carbonyl (C=O) groups is 1. The minimum Gasteiger partial charge on any atom is -0.324 e. The fraction of sp³-hybridized carbons (Fsp3) is 0.400. The molecule has 0 spiro atoms. The number of anilines is 1. The average molecular weight is 255 g/mol. The SMILES string of the molecule is O=C(Nc1cnccc1Br)C1CCC1. The summed E-state index contributed by atoms with van der Waals surface area (Å²) < 4.78 is 0.875. The third-order valence-corrected chi connectivity index (χ3v) is 3.19. The molecule has 14 heavy (non-hydrogen) atoms. The van der Waals surface area contributed by atoms with Crippen LogP contribution in [-0.2, 0) is 4.79 Å². The monoisotopic (exact) mass is 254 g/mol. The highest BCUT2D eigenvalue weighted by Crippen LogP contribution is 2.28. The maximum atomic E-state index is 11.6. The average Bonchev–Trinajstić information content (AvgIpc) is 2.05. The van der Waals surface area contributed by atoms with Crippen molar-refractivity contribution in [3.63, 3.8) is 0 Å². The highest BCUT2D eigenvalue weighted by molar-refractivity contribution is 9.10. The second kappa shape index (κ2) is 4.09. The molecule has 0 aromatic carbocycles. The number of nitrogens with zero attached hydrogens (tertiary/aromatic N) is 1. The van der Waals surface area contributed by atoms with Crippen LogP contribution < -0.4 is 5.32 Å². The summed E-state index contributed by atoms with van der Waals surface area (Å²) in [5.74, 6) is 0.326. The molecule has 1 aromatic rings. The first-order chi connectivity index (χ1) is 6.77. The van der Waals surface area contributed by atoms with E-state index in [-0.39, 0.29) is 11.8 Å². The summed E-state index contributed by atoms with van der Waals surface area (Å²) in [5.41, 5.74) is 0.754. The Morgan fingerprint density at radius 1 is 1.57 bits per heavy atom. The number of nitrogens with one attached hydrogen (secondary N) is 1. The molecule has 0 aliphatic heterocycles. The van der Waals surface area contributed by atoms with Crippen molar-refractivity contribution in [3.8, 4) is 0 Å². The molecule has 0 saturated heterocycles. The Balaban J connectivity index is 2.03. The quantitative estimate of drug-likeness (QED) is 0.882. The Hall–Kier alpha value is -0.900. The minimum absolute atomic E-state index is 0.116. The highest BCUT2D eigenvalue weighted by atomic mass is 79.9. The molecule has 1 saturated carbocycles. The first kappa shape index (κ1) is 9.65. The van der Waals surface area contributed by atoms with E-state index in [1.807, 2.05) is 6.07 Å². The molecule has 3 nitrogen and oxygen atoms in total. The van der Waals surface area contributed by atoms with Gasteiger partial charge in [0.05, 0.1) is 11.9 Å². The standard InChI is InChI=1S/C10H11BrN2O/c11-8-4-5-12-6-9(8)13-10(14)7-2-1-3-7/h4-7H,1-3H2,(H,13,14). The fourth-order valence-corrected chi connectivity index (χ4v) is 1.69. The predicted octanol–water partition coefficient (Wildman–Crippen LogP) is 2.58. The van der Waals surface area contributed by atoms with Crippen LogP contribution in [0.2, 0.25) is 0 Å². The summed E-state index contributed by atoms with van der Waals surface area (Å²) >= 11 is 3.36. The van der Waals surface area contributed by atoms with Gasteiger partial charge in [-0.25, -0.2) is 0 Å². The minimum atomic E-state index is 0.116. The summed E-state index contributed by atoms with van der Waals surface area (Å²) in [6.07, 6.45) is 6.55. The van der Waals surface area contributed by atoms with Crippen LogP contribution in [0.25, 0.3) is 0 Å². The number of hydrogen-bond acceptors (Lipinski definition) is 2. The fourth-order valence-electron chi connectivity index (χ4n) is 1.37. The molecule has 1 heterocycles. The maximum absolute atomic E-state index is 11.6. The zero-order valence-corrected chi connectivity index (χ0v) is 9.25. The van der Waals surface area contributed by atoms with E-state index in [9.17, 15) is 4.79 Å². The van der Waals surface area contributed by atoms with Crippen molar-refractivity contribution < 1.29 is 4.79 Å². The third kappa shape index (κ3) is 1.95. The molecule has 0 unspecified atom stereocenters. The van der Waals surface area contributed by atoms with Crippen LogP contribution in [0.5, 0.6) is 0 Å². The molecule has 1 amide bonds. The van der Waals surface area contributed by atoms with Gasteiger partial charge in [0.25, 0.3) is 0 Å². The Labute approximate surface area is 91.0 Å². The van der Waals surface area contributed by atoms with Crippen molar-refractivity contribution in [1.29, 1.82) is 0 Å². The summed E-state index contributed by atoms with van der Waals surface area (Å²) in [6.45, 7) is 0. The van der Waals surface area contributed by atoms with Crippen LogP contribution >= 0.6 is 15.9 Å². The van der Waals surface area contributed by atoms with Crippen molar-refractivity contribution in [2.24, 2.45) is 5.92 Å². The van der Waals surface area contributed by atoms with Crippen LogP contribution in [-0.4, -0.2) is 10.9 Å².